The minimum absolute atomic E-state index is 0.727. The predicted octanol–water partition coefficient (Wildman–Crippen LogP) is 9.62. The molecular formula is C37H25N3. The van der Waals surface area contributed by atoms with E-state index in [0.29, 0.717) is 0 Å². The Morgan fingerprint density at radius 1 is 0.600 bits per heavy atom. The molecule has 7 aromatic carbocycles. The first kappa shape index (κ1) is 22.6. The van der Waals surface area contributed by atoms with Gasteiger partial charge in [0, 0.05) is 40.1 Å². The van der Waals surface area contributed by atoms with Gasteiger partial charge in [0.15, 0.2) is 0 Å². The topological polar surface area (TPSA) is 30.3 Å². The summed E-state index contributed by atoms with van der Waals surface area (Å²) in [4.78, 5) is 4.78. The summed E-state index contributed by atoms with van der Waals surface area (Å²) in [6, 6.07) is 47.7. The molecule has 3 nitrogen and oxygen atoms in total. The first-order valence-electron chi connectivity index (χ1n) is 13.7. The molecule has 0 fully saturated rings. The van der Waals surface area contributed by atoms with E-state index in [1.54, 1.807) is 0 Å². The van der Waals surface area contributed by atoms with Crippen LogP contribution in [-0.4, -0.2) is 6.54 Å². The zero-order valence-electron chi connectivity index (χ0n) is 21.9. The van der Waals surface area contributed by atoms with Gasteiger partial charge in [0.1, 0.15) is 0 Å². The second-order valence-corrected chi connectivity index (χ2v) is 10.5. The lowest BCUT2D eigenvalue weighted by molar-refractivity contribution is 1.00. The van der Waals surface area contributed by atoms with Crippen LogP contribution in [0.15, 0.2) is 127 Å². The van der Waals surface area contributed by atoms with Crippen molar-refractivity contribution in [1.82, 2.24) is 0 Å². The van der Waals surface area contributed by atoms with Crippen LogP contribution in [0.25, 0.3) is 32.3 Å². The molecule has 3 heteroatoms. The first-order valence-corrected chi connectivity index (χ1v) is 13.7. The van der Waals surface area contributed by atoms with Crippen molar-refractivity contribution < 1.29 is 0 Å². The molecule has 1 aliphatic rings. The molecule has 0 bridgehead atoms. The number of hydrogen-bond acceptors (Lipinski definition) is 3. The van der Waals surface area contributed by atoms with Gasteiger partial charge in [-0.25, -0.2) is 0 Å². The van der Waals surface area contributed by atoms with Crippen molar-refractivity contribution in [1.29, 1.82) is 5.26 Å². The molecule has 0 saturated carbocycles. The third-order valence-electron chi connectivity index (χ3n) is 8.28. The highest BCUT2D eigenvalue weighted by Gasteiger charge is 2.24. The number of fused-ring (bicyclic) bond motifs is 1. The summed E-state index contributed by atoms with van der Waals surface area (Å²) >= 11 is 0. The van der Waals surface area contributed by atoms with Crippen LogP contribution < -0.4 is 9.80 Å². The highest BCUT2D eigenvalue weighted by atomic mass is 15.2. The maximum Gasteiger partial charge on any atom is 0.0991 e. The second-order valence-electron chi connectivity index (χ2n) is 10.5. The van der Waals surface area contributed by atoms with Gasteiger partial charge in [-0.2, -0.15) is 5.26 Å². The lowest BCUT2D eigenvalue weighted by atomic mass is 9.92. The van der Waals surface area contributed by atoms with Crippen LogP contribution >= 0.6 is 0 Å². The van der Waals surface area contributed by atoms with Crippen molar-refractivity contribution in [3.8, 4) is 6.07 Å². The van der Waals surface area contributed by atoms with E-state index < -0.39 is 0 Å². The standard InChI is InChI=1S/C37H25N3/c38-24-25-11-18-33-28(23-25)21-22-39(33)34-19-14-26-13-17-32-35(20-15-27-12-16-31(34)36(26)37(27)32)40(29-7-3-1-4-8-29)30-9-5-2-6-10-30/h1-20,23H,21-22H2. The summed E-state index contributed by atoms with van der Waals surface area (Å²) in [7, 11) is 0. The number of benzene rings is 7. The average molecular weight is 512 g/mol. The van der Waals surface area contributed by atoms with Gasteiger partial charge in [-0.05, 0) is 88.1 Å². The molecule has 0 radical (unpaired) electrons. The molecule has 1 heterocycles. The molecule has 0 amide bonds. The molecule has 0 aromatic heterocycles. The van der Waals surface area contributed by atoms with E-state index in [0.717, 1.165) is 29.9 Å². The fourth-order valence-electron chi connectivity index (χ4n) is 6.50. The van der Waals surface area contributed by atoms with Crippen molar-refractivity contribution >= 4 is 60.8 Å². The highest BCUT2D eigenvalue weighted by Crippen LogP contribution is 2.46. The number of rotatable bonds is 4. The van der Waals surface area contributed by atoms with Gasteiger partial charge in [0.2, 0.25) is 0 Å². The molecule has 0 N–H and O–H groups in total. The lowest BCUT2D eigenvalue weighted by Gasteiger charge is -2.28. The number of hydrogen-bond donors (Lipinski definition) is 0. The van der Waals surface area contributed by atoms with Crippen LogP contribution in [0.1, 0.15) is 11.1 Å². The zero-order chi connectivity index (χ0) is 26.6. The minimum atomic E-state index is 0.727. The summed E-state index contributed by atoms with van der Waals surface area (Å²) in [5, 5.41) is 17.0. The third-order valence-corrected chi connectivity index (χ3v) is 8.28. The van der Waals surface area contributed by atoms with Crippen LogP contribution in [0.3, 0.4) is 0 Å². The van der Waals surface area contributed by atoms with Crippen molar-refractivity contribution in [2.45, 2.75) is 6.42 Å². The highest BCUT2D eigenvalue weighted by molar-refractivity contribution is 6.28. The Kier molecular flexibility index (Phi) is 5.02. The Morgan fingerprint density at radius 3 is 1.90 bits per heavy atom. The summed E-state index contributed by atoms with van der Waals surface area (Å²) in [5.41, 5.74) is 7.83. The summed E-state index contributed by atoms with van der Waals surface area (Å²) in [6.45, 7) is 0.912. The van der Waals surface area contributed by atoms with Crippen LogP contribution in [0, 0.1) is 11.3 Å². The molecule has 0 atom stereocenters. The molecule has 7 aromatic rings. The molecule has 0 spiro atoms. The molecular weight excluding hydrogens is 486 g/mol. The van der Waals surface area contributed by atoms with Crippen LogP contribution in [0.4, 0.5) is 28.4 Å². The quantitative estimate of drug-likeness (QED) is 0.220. The van der Waals surface area contributed by atoms with Crippen LogP contribution in [0.2, 0.25) is 0 Å². The molecule has 188 valence electrons. The molecule has 1 aliphatic heterocycles. The second kappa shape index (κ2) is 8.86. The summed E-state index contributed by atoms with van der Waals surface area (Å²) < 4.78 is 0. The maximum absolute atomic E-state index is 9.39. The summed E-state index contributed by atoms with van der Waals surface area (Å²) in [5.74, 6) is 0. The molecule has 8 rings (SSSR count). The smallest absolute Gasteiger partial charge is 0.0991 e. The van der Waals surface area contributed by atoms with E-state index in [1.165, 1.54) is 54.9 Å². The van der Waals surface area contributed by atoms with E-state index in [4.69, 9.17) is 0 Å². The Bertz CT molecular complexity index is 2030. The Balaban J connectivity index is 1.38. The first-order chi connectivity index (χ1) is 19.8. The predicted molar refractivity (Wildman–Crippen MR) is 167 cm³/mol. The Hall–Kier alpha value is -5.33. The minimum Gasteiger partial charge on any atom is -0.340 e. The van der Waals surface area contributed by atoms with Crippen LogP contribution in [-0.2, 0) is 6.42 Å². The molecule has 0 unspecified atom stereocenters. The lowest BCUT2D eigenvalue weighted by Crippen LogP contribution is -2.13. The maximum atomic E-state index is 9.39. The van der Waals surface area contributed by atoms with E-state index >= 15 is 0 Å². The van der Waals surface area contributed by atoms with Gasteiger partial charge < -0.3 is 9.80 Å². The van der Waals surface area contributed by atoms with E-state index in [-0.39, 0.29) is 0 Å². The van der Waals surface area contributed by atoms with Gasteiger partial charge in [0.05, 0.1) is 17.3 Å². The Morgan fingerprint density at radius 2 is 1.20 bits per heavy atom. The fourth-order valence-corrected chi connectivity index (χ4v) is 6.50. The SMILES string of the molecule is N#Cc1ccc2c(c1)CCN2c1ccc2ccc3c(N(c4ccccc4)c4ccccc4)ccc4ccc1c2c43. The largest absolute Gasteiger partial charge is 0.340 e. The normalized spacial score (nSPS) is 12.7. The average Bonchev–Trinajstić information content (AvgIpc) is 3.44. The van der Waals surface area contributed by atoms with Crippen molar-refractivity contribution in [2.75, 3.05) is 16.3 Å². The molecule has 40 heavy (non-hydrogen) atoms. The molecule has 0 saturated heterocycles. The van der Waals surface area contributed by atoms with Crippen LogP contribution in [0.5, 0.6) is 0 Å². The number of para-hydroxylation sites is 2. The van der Waals surface area contributed by atoms with Gasteiger partial charge in [-0.15, -0.1) is 0 Å². The van der Waals surface area contributed by atoms with Crippen molar-refractivity contribution in [2.24, 2.45) is 0 Å². The van der Waals surface area contributed by atoms with Gasteiger partial charge in [0.25, 0.3) is 0 Å². The Labute approximate surface area is 233 Å². The zero-order valence-corrected chi connectivity index (χ0v) is 21.9. The fraction of sp³-hybridized carbons (Fsp3) is 0.0541. The van der Waals surface area contributed by atoms with Crippen molar-refractivity contribution in [3.63, 3.8) is 0 Å². The number of nitriles is 1. The van der Waals surface area contributed by atoms with Crippen molar-refractivity contribution in [3.05, 3.63) is 139 Å². The van der Waals surface area contributed by atoms with E-state index in [2.05, 4.69) is 131 Å². The monoisotopic (exact) mass is 511 g/mol. The van der Waals surface area contributed by atoms with E-state index in [9.17, 15) is 5.26 Å². The van der Waals surface area contributed by atoms with Gasteiger partial charge >= 0.3 is 0 Å². The van der Waals surface area contributed by atoms with E-state index in [1.807, 2.05) is 12.1 Å². The third kappa shape index (κ3) is 3.37. The summed E-state index contributed by atoms with van der Waals surface area (Å²) in [6.07, 6.45) is 0.945. The number of nitrogens with zero attached hydrogens (tertiary/aromatic N) is 3. The molecule has 0 aliphatic carbocycles. The van der Waals surface area contributed by atoms with Gasteiger partial charge in [-0.1, -0.05) is 72.8 Å². The number of anilines is 5. The van der Waals surface area contributed by atoms with Gasteiger partial charge in [-0.3, -0.25) is 0 Å².